The monoisotopic (exact) mass is 491 g/mol. The van der Waals surface area contributed by atoms with Crippen LogP contribution < -0.4 is 0 Å². The number of rotatable bonds is 9. The fraction of sp³-hybridized carbons (Fsp3) is 0.188. The highest BCUT2D eigenvalue weighted by Crippen LogP contribution is 2.32. The molecule has 4 heteroatoms. The molecule has 0 saturated carbocycles. The van der Waals surface area contributed by atoms with Gasteiger partial charge in [-0.25, -0.2) is 0 Å². The van der Waals surface area contributed by atoms with Gasteiger partial charge < -0.3 is 4.57 Å². The Hall–Kier alpha value is -3.63. The van der Waals surface area contributed by atoms with Crippen LogP contribution in [0.1, 0.15) is 51.6 Å². The van der Waals surface area contributed by atoms with Gasteiger partial charge in [-0.1, -0.05) is 48.0 Å². The van der Waals surface area contributed by atoms with Crippen molar-refractivity contribution >= 4 is 45.1 Å². The summed E-state index contributed by atoms with van der Waals surface area (Å²) in [6, 6.07) is 29.8. The maximum atomic E-state index is 13.1. The van der Waals surface area contributed by atoms with Gasteiger partial charge in [0.25, 0.3) is 0 Å². The number of nitrogens with zero attached hydrogens (tertiary/aromatic N) is 1. The number of fused-ring (bicyclic) bond motifs is 3. The number of hydrogen-bond acceptors (Lipinski definition) is 3. The number of ketones is 2. The van der Waals surface area contributed by atoms with Crippen LogP contribution >= 0.6 is 11.8 Å². The molecule has 0 aliphatic rings. The summed E-state index contributed by atoms with van der Waals surface area (Å²) in [7, 11) is 0. The van der Waals surface area contributed by atoms with E-state index in [0.29, 0.717) is 17.5 Å². The highest BCUT2D eigenvalue weighted by atomic mass is 32.2. The van der Waals surface area contributed by atoms with Gasteiger partial charge in [0.1, 0.15) is 0 Å². The van der Waals surface area contributed by atoms with Crippen LogP contribution in [0.3, 0.4) is 0 Å². The van der Waals surface area contributed by atoms with E-state index in [9.17, 15) is 9.59 Å². The van der Waals surface area contributed by atoms with Crippen molar-refractivity contribution in [2.45, 2.75) is 38.1 Å². The summed E-state index contributed by atoms with van der Waals surface area (Å²) in [4.78, 5) is 27.4. The number of carbonyl (C=O) groups excluding carboxylic acids is 2. The normalized spacial score (nSPS) is 11.3. The van der Waals surface area contributed by atoms with Crippen molar-refractivity contribution in [1.29, 1.82) is 0 Å². The molecule has 0 saturated heterocycles. The zero-order chi connectivity index (χ0) is 25.1. The number of aromatic nitrogens is 1. The zero-order valence-corrected chi connectivity index (χ0v) is 21.5. The molecule has 3 nitrogen and oxygen atoms in total. The molecule has 5 aromatic rings. The second kappa shape index (κ2) is 10.5. The zero-order valence-electron chi connectivity index (χ0n) is 20.7. The van der Waals surface area contributed by atoms with Crippen LogP contribution in [0.25, 0.3) is 21.8 Å². The van der Waals surface area contributed by atoms with Crippen molar-refractivity contribution in [2.75, 3.05) is 5.75 Å². The lowest BCUT2D eigenvalue weighted by Crippen LogP contribution is -2.01. The number of hydrogen-bond donors (Lipinski definition) is 0. The van der Waals surface area contributed by atoms with Gasteiger partial charge in [-0.3, -0.25) is 9.59 Å². The number of aryl methyl sites for hydroxylation is 2. The molecule has 5 rings (SSSR count). The molecule has 0 unspecified atom stereocenters. The lowest BCUT2D eigenvalue weighted by molar-refractivity contribution is 0.0981. The van der Waals surface area contributed by atoms with E-state index in [4.69, 9.17) is 0 Å². The molecule has 0 bridgehead atoms. The fourth-order valence-electron chi connectivity index (χ4n) is 4.72. The number of Topliss-reactive ketones (excluding diaryl/α,β-unsaturated/α-hetero) is 1. The molecule has 1 heterocycles. The molecule has 0 fully saturated rings. The first-order chi connectivity index (χ1) is 17.5. The summed E-state index contributed by atoms with van der Waals surface area (Å²) in [5.74, 6) is 1.08. The second-order valence-electron chi connectivity index (χ2n) is 9.09. The van der Waals surface area contributed by atoms with Crippen molar-refractivity contribution < 1.29 is 9.59 Å². The molecule has 1 aromatic heterocycles. The molecule has 0 atom stereocenters. The minimum atomic E-state index is 0.00760. The van der Waals surface area contributed by atoms with Crippen molar-refractivity contribution in [1.82, 2.24) is 4.57 Å². The lowest BCUT2D eigenvalue weighted by atomic mass is 10.00. The number of benzene rings is 4. The Morgan fingerprint density at radius 1 is 0.750 bits per heavy atom. The van der Waals surface area contributed by atoms with Crippen LogP contribution in [-0.2, 0) is 6.54 Å². The van der Waals surface area contributed by atoms with Crippen LogP contribution in [0.2, 0.25) is 0 Å². The maximum Gasteiger partial charge on any atom is 0.193 e. The van der Waals surface area contributed by atoms with Gasteiger partial charge in [0, 0.05) is 56.4 Å². The molecular weight excluding hydrogens is 462 g/mol. The predicted octanol–water partition coefficient (Wildman–Crippen LogP) is 8.11. The van der Waals surface area contributed by atoms with E-state index in [-0.39, 0.29) is 11.6 Å². The standard InChI is InChI=1S/C32H29NO2S/c1-3-33-29-17-13-24(31(34)10-7-19-36-26-15-11-22(2)12-16-26)20-27(29)28-21-25(14-18-30(28)33)32(35)23-8-5-4-6-9-23/h4-6,8-9,11-18,20-21H,3,7,10,19H2,1-2H3. The highest BCUT2D eigenvalue weighted by molar-refractivity contribution is 7.99. The summed E-state index contributed by atoms with van der Waals surface area (Å²) >= 11 is 1.79. The van der Waals surface area contributed by atoms with Crippen LogP contribution in [0, 0.1) is 6.92 Å². The Morgan fingerprint density at radius 3 is 2.06 bits per heavy atom. The van der Waals surface area contributed by atoms with Gasteiger partial charge in [0.05, 0.1) is 0 Å². The summed E-state index contributed by atoms with van der Waals surface area (Å²) in [6.45, 7) is 5.02. The third kappa shape index (κ3) is 4.87. The van der Waals surface area contributed by atoms with Crippen LogP contribution in [-0.4, -0.2) is 21.9 Å². The van der Waals surface area contributed by atoms with Crippen molar-refractivity contribution in [3.8, 4) is 0 Å². The molecule has 36 heavy (non-hydrogen) atoms. The first-order valence-corrected chi connectivity index (χ1v) is 13.4. The van der Waals surface area contributed by atoms with Gasteiger partial charge >= 0.3 is 0 Å². The highest BCUT2D eigenvalue weighted by Gasteiger charge is 2.16. The largest absolute Gasteiger partial charge is 0.341 e. The number of thioether (sulfide) groups is 1. The molecule has 180 valence electrons. The predicted molar refractivity (Wildman–Crippen MR) is 150 cm³/mol. The topological polar surface area (TPSA) is 39.1 Å². The quantitative estimate of drug-likeness (QED) is 0.119. The summed E-state index contributed by atoms with van der Waals surface area (Å²) in [5.41, 5.74) is 5.49. The van der Waals surface area contributed by atoms with Crippen LogP contribution in [0.5, 0.6) is 0 Å². The SMILES string of the molecule is CCn1c2ccc(C(=O)CCCSc3ccc(C)cc3)cc2c2cc(C(=O)c3ccccc3)ccc21. The average Bonchev–Trinajstić information content (AvgIpc) is 3.24. The third-order valence-electron chi connectivity index (χ3n) is 6.64. The van der Waals surface area contributed by atoms with Gasteiger partial charge in [0.2, 0.25) is 0 Å². The fourth-order valence-corrected chi connectivity index (χ4v) is 5.57. The Labute approximate surface area is 216 Å². The van der Waals surface area contributed by atoms with Crippen LogP contribution in [0.4, 0.5) is 0 Å². The minimum Gasteiger partial charge on any atom is -0.341 e. The molecule has 0 aliphatic heterocycles. The Balaban J connectivity index is 1.39. The molecule has 0 aliphatic carbocycles. The first-order valence-electron chi connectivity index (χ1n) is 12.4. The van der Waals surface area contributed by atoms with Crippen LogP contribution in [0.15, 0.2) is 95.9 Å². The van der Waals surface area contributed by atoms with Gasteiger partial charge in [-0.05, 0) is 74.6 Å². The summed E-state index contributed by atoms with van der Waals surface area (Å²) in [6.07, 6.45) is 1.36. The molecular formula is C32H29NO2S. The minimum absolute atomic E-state index is 0.00760. The van der Waals surface area contributed by atoms with E-state index in [1.165, 1.54) is 10.5 Å². The first kappa shape index (κ1) is 24.1. The molecule has 0 N–H and O–H groups in total. The lowest BCUT2D eigenvalue weighted by Gasteiger charge is -2.05. The van der Waals surface area contributed by atoms with E-state index in [1.54, 1.807) is 11.8 Å². The third-order valence-corrected chi connectivity index (χ3v) is 7.74. The molecule has 0 spiro atoms. The van der Waals surface area contributed by atoms with E-state index < -0.39 is 0 Å². The Morgan fingerprint density at radius 2 is 1.39 bits per heavy atom. The second-order valence-corrected chi connectivity index (χ2v) is 10.3. The smallest absolute Gasteiger partial charge is 0.193 e. The van der Waals surface area contributed by atoms with Crippen molar-refractivity contribution in [3.05, 3.63) is 113 Å². The van der Waals surface area contributed by atoms with E-state index in [1.807, 2.05) is 66.7 Å². The van der Waals surface area contributed by atoms with E-state index in [0.717, 1.165) is 46.1 Å². The molecule has 0 radical (unpaired) electrons. The van der Waals surface area contributed by atoms with Gasteiger partial charge in [-0.2, -0.15) is 0 Å². The van der Waals surface area contributed by atoms with Gasteiger partial charge in [0.15, 0.2) is 11.6 Å². The summed E-state index contributed by atoms with van der Waals surface area (Å²) < 4.78 is 2.24. The summed E-state index contributed by atoms with van der Waals surface area (Å²) in [5, 5.41) is 2.03. The Kier molecular flexibility index (Phi) is 7.06. The maximum absolute atomic E-state index is 13.1. The molecule has 0 amide bonds. The van der Waals surface area contributed by atoms with E-state index >= 15 is 0 Å². The molecule has 4 aromatic carbocycles. The van der Waals surface area contributed by atoms with Gasteiger partial charge in [-0.15, -0.1) is 11.8 Å². The van der Waals surface area contributed by atoms with Crippen molar-refractivity contribution in [2.24, 2.45) is 0 Å². The van der Waals surface area contributed by atoms with E-state index in [2.05, 4.69) is 42.7 Å². The average molecular weight is 492 g/mol. The van der Waals surface area contributed by atoms with Crippen molar-refractivity contribution in [3.63, 3.8) is 0 Å². The number of carbonyl (C=O) groups is 2. The Bertz CT molecular complexity index is 1550.